The fourth-order valence-electron chi connectivity index (χ4n) is 6.47. The van der Waals surface area contributed by atoms with E-state index in [2.05, 4.69) is 31.1 Å². The van der Waals surface area contributed by atoms with Crippen LogP contribution in [0.25, 0.3) is 0 Å². The largest absolute Gasteiger partial charge is 0.393 e. The second-order valence-electron chi connectivity index (χ2n) is 9.33. The standard InChI is InChI=1S/C21H28BrN3O2/c22-16-3-4-18(23-11-16)25-5-1-2-17(12-25)24-20(27)21-8-13-6-14(9-21)19(26)15(7-13)10-21/h3-4,11,13-15,17,19,26H,1-2,5-10,12H2,(H,24,27)/t13?,14?,15?,17-,19?,21?/m0/s1. The molecule has 3 atom stereocenters. The monoisotopic (exact) mass is 433 g/mol. The first kappa shape index (κ1) is 17.9. The third-order valence-corrected chi connectivity index (χ3v) is 7.97. The van der Waals surface area contributed by atoms with E-state index in [9.17, 15) is 9.90 Å². The molecule has 6 rings (SSSR count). The molecule has 1 aromatic heterocycles. The van der Waals surface area contributed by atoms with Gasteiger partial charge in [-0.15, -0.1) is 0 Å². The third kappa shape index (κ3) is 3.19. The number of carbonyl (C=O) groups excluding carboxylic acids is 1. The molecule has 0 spiro atoms. The summed E-state index contributed by atoms with van der Waals surface area (Å²) < 4.78 is 0.983. The van der Waals surface area contributed by atoms with Crippen molar-refractivity contribution >= 4 is 27.7 Å². The summed E-state index contributed by atoms with van der Waals surface area (Å²) in [6, 6.07) is 4.25. The summed E-state index contributed by atoms with van der Waals surface area (Å²) in [5.74, 6) is 2.57. The van der Waals surface area contributed by atoms with E-state index in [0.29, 0.717) is 17.8 Å². The number of piperidine rings is 1. The van der Waals surface area contributed by atoms with Crippen molar-refractivity contribution in [3.8, 4) is 0 Å². The molecular formula is C21H28BrN3O2. The molecule has 27 heavy (non-hydrogen) atoms. The Hall–Kier alpha value is -1.14. The Kier molecular flexibility index (Phi) is 4.47. The summed E-state index contributed by atoms with van der Waals surface area (Å²) in [6.45, 7) is 1.82. The minimum absolute atomic E-state index is 0.170. The topological polar surface area (TPSA) is 65.5 Å². The molecule has 146 valence electrons. The van der Waals surface area contributed by atoms with Crippen LogP contribution in [-0.2, 0) is 4.79 Å². The van der Waals surface area contributed by atoms with Gasteiger partial charge in [0.15, 0.2) is 0 Å². The Morgan fingerprint density at radius 3 is 2.74 bits per heavy atom. The molecule has 1 aliphatic heterocycles. The first-order chi connectivity index (χ1) is 13.0. The quantitative estimate of drug-likeness (QED) is 0.768. The number of aliphatic hydroxyl groups is 1. The van der Waals surface area contributed by atoms with E-state index in [4.69, 9.17) is 0 Å². The number of amides is 1. The van der Waals surface area contributed by atoms with Crippen LogP contribution in [0, 0.1) is 23.2 Å². The molecule has 4 saturated carbocycles. The molecule has 2 heterocycles. The molecule has 5 aliphatic rings. The second-order valence-corrected chi connectivity index (χ2v) is 10.2. The van der Waals surface area contributed by atoms with Crippen LogP contribution in [0.15, 0.2) is 22.8 Å². The summed E-state index contributed by atoms with van der Waals surface area (Å²) in [6.07, 6.45) is 8.82. The average Bonchev–Trinajstić information content (AvgIpc) is 2.66. The Balaban J connectivity index is 1.26. The van der Waals surface area contributed by atoms with E-state index in [1.807, 2.05) is 18.3 Å². The van der Waals surface area contributed by atoms with Gasteiger partial charge in [0, 0.05) is 29.8 Å². The number of nitrogens with zero attached hydrogens (tertiary/aromatic N) is 2. The highest BCUT2D eigenvalue weighted by molar-refractivity contribution is 9.10. The highest BCUT2D eigenvalue weighted by atomic mass is 79.9. The number of aliphatic hydroxyl groups excluding tert-OH is 1. The van der Waals surface area contributed by atoms with E-state index in [1.165, 1.54) is 0 Å². The van der Waals surface area contributed by atoms with Crippen LogP contribution in [0.2, 0.25) is 0 Å². The number of nitrogens with one attached hydrogen (secondary N) is 1. The summed E-state index contributed by atoms with van der Waals surface area (Å²) in [5, 5.41) is 13.9. The van der Waals surface area contributed by atoms with Crippen LogP contribution in [0.5, 0.6) is 0 Å². The van der Waals surface area contributed by atoms with Crippen LogP contribution in [0.1, 0.15) is 44.9 Å². The Morgan fingerprint density at radius 2 is 2.04 bits per heavy atom. The lowest BCUT2D eigenvalue weighted by Crippen LogP contribution is -2.60. The SMILES string of the molecule is O=C(N[C@H]1CCCN(c2ccc(Br)cn2)C1)C12CC3CC(C1)C(O)C(C3)C2. The van der Waals surface area contributed by atoms with Gasteiger partial charge in [0.25, 0.3) is 0 Å². The van der Waals surface area contributed by atoms with Crippen molar-refractivity contribution in [1.29, 1.82) is 0 Å². The lowest BCUT2D eigenvalue weighted by Gasteiger charge is -2.58. The summed E-state index contributed by atoms with van der Waals surface area (Å²) in [4.78, 5) is 20.1. The maximum absolute atomic E-state index is 13.3. The molecule has 1 amide bonds. The lowest BCUT2D eigenvalue weighted by molar-refractivity contribution is -0.163. The molecule has 0 radical (unpaired) electrons. The van der Waals surface area contributed by atoms with Crippen LogP contribution in [-0.4, -0.2) is 41.2 Å². The highest BCUT2D eigenvalue weighted by Crippen LogP contribution is 2.60. The first-order valence-corrected chi connectivity index (χ1v) is 11.2. The van der Waals surface area contributed by atoms with Gasteiger partial charge in [0.2, 0.25) is 5.91 Å². The van der Waals surface area contributed by atoms with Gasteiger partial charge in [-0.1, -0.05) is 0 Å². The van der Waals surface area contributed by atoms with Crippen LogP contribution < -0.4 is 10.2 Å². The zero-order valence-corrected chi connectivity index (χ0v) is 17.2. The van der Waals surface area contributed by atoms with Crippen molar-refractivity contribution in [2.75, 3.05) is 18.0 Å². The highest BCUT2D eigenvalue weighted by Gasteiger charge is 2.58. The predicted molar refractivity (Wildman–Crippen MR) is 107 cm³/mol. The Bertz CT molecular complexity index is 709. The van der Waals surface area contributed by atoms with Crippen LogP contribution in [0.4, 0.5) is 5.82 Å². The Labute approximate surface area is 169 Å². The minimum Gasteiger partial charge on any atom is -0.393 e. The number of halogens is 1. The number of hydrogen-bond acceptors (Lipinski definition) is 4. The number of pyridine rings is 1. The van der Waals surface area contributed by atoms with Crippen LogP contribution in [0.3, 0.4) is 0 Å². The molecule has 1 aromatic rings. The van der Waals surface area contributed by atoms with Gasteiger partial charge in [-0.3, -0.25) is 4.79 Å². The zero-order chi connectivity index (χ0) is 18.6. The van der Waals surface area contributed by atoms with E-state index in [1.54, 1.807) is 0 Å². The molecule has 6 heteroatoms. The van der Waals surface area contributed by atoms with Crippen molar-refractivity contribution in [1.82, 2.24) is 10.3 Å². The smallest absolute Gasteiger partial charge is 0.226 e. The molecular weight excluding hydrogens is 406 g/mol. The first-order valence-electron chi connectivity index (χ1n) is 10.4. The van der Waals surface area contributed by atoms with Crippen molar-refractivity contribution in [3.63, 3.8) is 0 Å². The third-order valence-electron chi connectivity index (χ3n) is 7.50. The average molecular weight is 434 g/mol. The summed E-state index contributed by atoms with van der Waals surface area (Å²) >= 11 is 3.44. The molecule has 1 saturated heterocycles. The van der Waals surface area contributed by atoms with Gasteiger partial charge in [0.05, 0.1) is 11.5 Å². The van der Waals surface area contributed by atoms with E-state index in [0.717, 1.165) is 68.3 Å². The molecule has 0 aromatic carbocycles. The van der Waals surface area contributed by atoms with E-state index in [-0.39, 0.29) is 23.5 Å². The van der Waals surface area contributed by atoms with Crippen molar-refractivity contribution < 1.29 is 9.90 Å². The molecule has 4 bridgehead atoms. The minimum atomic E-state index is -0.214. The van der Waals surface area contributed by atoms with Gasteiger partial charge < -0.3 is 15.3 Å². The summed E-state index contributed by atoms with van der Waals surface area (Å²) in [5.41, 5.74) is -0.214. The van der Waals surface area contributed by atoms with Crippen molar-refractivity contribution in [2.24, 2.45) is 23.2 Å². The molecule has 5 fully saturated rings. The summed E-state index contributed by atoms with van der Waals surface area (Å²) in [7, 11) is 0. The maximum Gasteiger partial charge on any atom is 0.226 e. The Morgan fingerprint density at radius 1 is 1.26 bits per heavy atom. The number of aromatic nitrogens is 1. The number of hydrogen-bond donors (Lipinski definition) is 2. The van der Waals surface area contributed by atoms with Gasteiger partial charge in [0.1, 0.15) is 5.82 Å². The number of carbonyl (C=O) groups is 1. The molecule has 5 nitrogen and oxygen atoms in total. The van der Waals surface area contributed by atoms with Crippen molar-refractivity contribution in [3.05, 3.63) is 22.8 Å². The fraction of sp³-hybridized carbons (Fsp3) is 0.714. The lowest BCUT2D eigenvalue weighted by atomic mass is 9.48. The van der Waals surface area contributed by atoms with Gasteiger partial charge in [-0.25, -0.2) is 4.98 Å². The maximum atomic E-state index is 13.3. The fourth-order valence-corrected chi connectivity index (χ4v) is 6.71. The molecule has 4 aliphatic carbocycles. The van der Waals surface area contributed by atoms with E-state index < -0.39 is 0 Å². The molecule has 2 unspecified atom stereocenters. The second kappa shape index (κ2) is 6.73. The molecule has 2 N–H and O–H groups in total. The normalized spacial score (nSPS) is 40.2. The van der Waals surface area contributed by atoms with Gasteiger partial charge in [-0.05, 0) is 90.8 Å². The predicted octanol–water partition coefficient (Wildman–Crippen LogP) is 3.12. The van der Waals surface area contributed by atoms with Crippen molar-refractivity contribution in [2.45, 2.75) is 57.1 Å². The van der Waals surface area contributed by atoms with Gasteiger partial charge in [-0.2, -0.15) is 0 Å². The van der Waals surface area contributed by atoms with Crippen LogP contribution >= 0.6 is 15.9 Å². The van der Waals surface area contributed by atoms with Gasteiger partial charge >= 0.3 is 0 Å². The zero-order valence-electron chi connectivity index (χ0n) is 15.6. The number of anilines is 1. The number of rotatable bonds is 3. The van der Waals surface area contributed by atoms with E-state index >= 15 is 0 Å².